The first-order valence-electron chi connectivity index (χ1n) is 11.8. The zero-order valence-electron chi connectivity index (χ0n) is 19.2. The van der Waals surface area contributed by atoms with Gasteiger partial charge in [0, 0.05) is 50.2 Å². The van der Waals surface area contributed by atoms with E-state index < -0.39 is 0 Å². The minimum atomic E-state index is -0.0334. The van der Waals surface area contributed by atoms with Gasteiger partial charge in [0.15, 0.2) is 5.43 Å². The van der Waals surface area contributed by atoms with Crippen LogP contribution in [0.4, 0.5) is 0 Å². The van der Waals surface area contributed by atoms with Gasteiger partial charge < -0.3 is 9.15 Å². The topological polar surface area (TPSA) is 58.8 Å². The highest BCUT2D eigenvalue weighted by Crippen LogP contribution is 2.24. The van der Waals surface area contributed by atoms with E-state index in [1.807, 2.05) is 54.9 Å². The van der Waals surface area contributed by atoms with Crippen LogP contribution in [0.25, 0.3) is 22.3 Å². The van der Waals surface area contributed by atoms with Crippen molar-refractivity contribution in [2.45, 2.75) is 13.0 Å². The third-order valence-corrected chi connectivity index (χ3v) is 6.29. The molecule has 6 heteroatoms. The zero-order chi connectivity index (χ0) is 23.2. The summed E-state index contributed by atoms with van der Waals surface area (Å²) in [6.07, 6.45) is 4.89. The molecule has 0 spiro atoms. The predicted molar refractivity (Wildman–Crippen MR) is 134 cm³/mol. The maximum Gasteiger partial charge on any atom is 0.193 e. The Morgan fingerprint density at radius 2 is 1.65 bits per heavy atom. The van der Waals surface area contributed by atoms with Gasteiger partial charge in [-0.3, -0.25) is 19.6 Å². The van der Waals surface area contributed by atoms with Crippen molar-refractivity contribution in [1.82, 2.24) is 14.8 Å². The summed E-state index contributed by atoms with van der Waals surface area (Å²) in [6.45, 7) is 6.86. The maximum atomic E-state index is 12.4. The molecule has 5 rings (SSSR count). The van der Waals surface area contributed by atoms with Crippen LogP contribution in [0.1, 0.15) is 12.0 Å². The lowest BCUT2D eigenvalue weighted by Gasteiger charge is -2.22. The molecule has 4 aromatic rings. The molecule has 0 atom stereocenters. The molecule has 34 heavy (non-hydrogen) atoms. The zero-order valence-corrected chi connectivity index (χ0v) is 19.2. The van der Waals surface area contributed by atoms with Crippen LogP contribution in [0.3, 0.4) is 0 Å². The molecule has 0 amide bonds. The molecule has 1 aliphatic rings. The van der Waals surface area contributed by atoms with E-state index in [4.69, 9.17) is 9.15 Å². The Balaban J connectivity index is 1.12. The minimum Gasteiger partial charge on any atom is -0.492 e. The second-order valence-corrected chi connectivity index (χ2v) is 8.67. The summed E-state index contributed by atoms with van der Waals surface area (Å²) in [5.41, 5.74) is 2.74. The molecule has 174 valence electrons. The molecule has 1 saturated heterocycles. The first-order chi connectivity index (χ1) is 16.7. The van der Waals surface area contributed by atoms with Gasteiger partial charge in [0.05, 0.1) is 5.39 Å². The van der Waals surface area contributed by atoms with Gasteiger partial charge in [0.25, 0.3) is 0 Å². The van der Waals surface area contributed by atoms with Crippen LogP contribution >= 0.6 is 0 Å². The highest BCUT2D eigenvalue weighted by molar-refractivity contribution is 5.78. The minimum absolute atomic E-state index is 0.0334. The molecule has 0 bridgehead atoms. The molecule has 0 aliphatic carbocycles. The van der Waals surface area contributed by atoms with E-state index in [0.29, 0.717) is 23.3 Å². The number of ether oxygens (including phenoxy) is 1. The van der Waals surface area contributed by atoms with Crippen molar-refractivity contribution in [3.05, 3.63) is 94.9 Å². The van der Waals surface area contributed by atoms with E-state index in [1.54, 1.807) is 12.1 Å². The van der Waals surface area contributed by atoms with Gasteiger partial charge in [-0.05, 0) is 73.6 Å². The first-order valence-corrected chi connectivity index (χ1v) is 11.8. The Bertz CT molecular complexity index is 1270. The third kappa shape index (κ3) is 5.53. The van der Waals surface area contributed by atoms with E-state index in [2.05, 4.69) is 26.9 Å². The summed E-state index contributed by atoms with van der Waals surface area (Å²) < 4.78 is 11.9. The second-order valence-electron chi connectivity index (χ2n) is 8.67. The van der Waals surface area contributed by atoms with Gasteiger partial charge in [0.2, 0.25) is 0 Å². The molecular formula is C28H29N3O3. The Kier molecular flexibility index (Phi) is 6.98. The smallest absolute Gasteiger partial charge is 0.193 e. The molecule has 0 radical (unpaired) electrons. The number of hydrogen-bond donors (Lipinski definition) is 0. The lowest BCUT2D eigenvalue weighted by Crippen LogP contribution is -2.33. The monoisotopic (exact) mass is 455 g/mol. The van der Waals surface area contributed by atoms with Crippen molar-refractivity contribution in [1.29, 1.82) is 0 Å². The molecule has 1 fully saturated rings. The normalized spacial score (nSPS) is 15.3. The predicted octanol–water partition coefficient (Wildman–Crippen LogP) is 4.44. The average Bonchev–Trinajstić information content (AvgIpc) is 3.10. The number of para-hydroxylation sites is 1. The quantitative estimate of drug-likeness (QED) is 0.411. The van der Waals surface area contributed by atoms with Crippen LogP contribution in [-0.4, -0.2) is 54.1 Å². The average molecular weight is 456 g/mol. The largest absolute Gasteiger partial charge is 0.492 e. The highest BCUT2D eigenvalue weighted by atomic mass is 16.5. The Morgan fingerprint density at radius 1 is 0.882 bits per heavy atom. The molecule has 0 unspecified atom stereocenters. The molecule has 1 aliphatic heterocycles. The van der Waals surface area contributed by atoms with E-state index in [-0.39, 0.29) is 5.43 Å². The van der Waals surface area contributed by atoms with Gasteiger partial charge in [-0.2, -0.15) is 0 Å². The van der Waals surface area contributed by atoms with Gasteiger partial charge >= 0.3 is 0 Å². The van der Waals surface area contributed by atoms with E-state index >= 15 is 0 Å². The summed E-state index contributed by atoms with van der Waals surface area (Å²) in [5, 5.41) is 0.597. The summed E-state index contributed by atoms with van der Waals surface area (Å²) in [5.74, 6) is 1.39. The van der Waals surface area contributed by atoms with E-state index in [9.17, 15) is 4.79 Å². The fraction of sp³-hybridized carbons (Fsp3) is 0.286. The summed E-state index contributed by atoms with van der Waals surface area (Å²) in [6, 6.07) is 20.8. The number of aromatic nitrogens is 1. The SMILES string of the molecule is O=c1cc(-c2ccc(OCCN3CCCN(Cc4ccncc4)CC3)cc2)oc2ccccc12. The van der Waals surface area contributed by atoms with Crippen LogP contribution in [0, 0.1) is 0 Å². The standard InChI is InChI=1S/C28H29N3O3/c32-26-20-28(34-27-5-2-1-4-25(26)27)23-6-8-24(9-7-23)33-19-18-30-14-3-15-31(17-16-30)21-22-10-12-29-13-11-22/h1-2,4-13,20H,3,14-19,21H2. The fourth-order valence-corrected chi connectivity index (χ4v) is 4.41. The molecular weight excluding hydrogens is 426 g/mol. The second kappa shape index (κ2) is 10.6. The van der Waals surface area contributed by atoms with E-state index in [0.717, 1.165) is 57.0 Å². The molecule has 6 nitrogen and oxygen atoms in total. The maximum absolute atomic E-state index is 12.4. The van der Waals surface area contributed by atoms with Gasteiger partial charge in [0.1, 0.15) is 23.7 Å². The van der Waals surface area contributed by atoms with Crippen molar-refractivity contribution < 1.29 is 9.15 Å². The van der Waals surface area contributed by atoms with Crippen LogP contribution in [0.5, 0.6) is 5.75 Å². The molecule has 2 aromatic carbocycles. The van der Waals surface area contributed by atoms with Crippen molar-refractivity contribution in [2.75, 3.05) is 39.3 Å². The third-order valence-electron chi connectivity index (χ3n) is 6.29. The van der Waals surface area contributed by atoms with Crippen molar-refractivity contribution in [2.24, 2.45) is 0 Å². The molecule has 3 heterocycles. The van der Waals surface area contributed by atoms with Crippen LogP contribution in [-0.2, 0) is 6.54 Å². The fourth-order valence-electron chi connectivity index (χ4n) is 4.41. The van der Waals surface area contributed by atoms with Gasteiger partial charge in [-0.1, -0.05) is 12.1 Å². The number of benzene rings is 2. The Morgan fingerprint density at radius 3 is 2.50 bits per heavy atom. The summed E-state index contributed by atoms with van der Waals surface area (Å²) in [7, 11) is 0. The van der Waals surface area contributed by atoms with Gasteiger partial charge in [-0.15, -0.1) is 0 Å². The molecule has 0 saturated carbocycles. The number of rotatable bonds is 7. The van der Waals surface area contributed by atoms with Crippen LogP contribution in [0.2, 0.25) is 0 Å². The van der Waals surface area contributed by atoms with Crippen LogP contribution < -0.4 is 10.2 Å². The summed E-state index contributed by atoms with van der Waals surface area (Å²) >= 11 is 0. The van der Waals surface area contributed by atoms with Crippen molar-refractivity contribution in [3.8, 4) is 17.1 Å². The molecule has 0 N–H and O–H groups in total. The number of fused-ring (bicyclic) bond motifs is 1. The van der Waals surface area contributed by atoms with Gasteiger partial charge in [-0.25, -0.2) is 0 Å². The highest BCUT2D eigenvalue weighted by Gasteiger charge is 2.15. The number of nitrogens with zero attached hydrogens (tertiary/aromatic N) is 3. The Hall–Kier alpha value is -3.48. The van der Waals surface area contributed by atoms with Crippen LogP contribution in [0.15, 0.2) is 88.3 Å². The van der Waals surface area contributed by atoms with Crippen molar-refractivity contribution in [3.63, 3.8) is 0 Å². The Labute approximate surface area is 199 Å². The molecule has 2 aromatic heterocycles. The summed E-state index contributed by atoms with van der Waals surface area (Å²) in [4.78, 5) is 21.5. The lowest BCUT2D eigenvalue weighted by atomic mass is 10.1. The first kappa shape index (κ1) is 22.3. The lowest BCUT2D eigenvalue weighted by molar-refractivity contribution is 0.207. The number of hydrogen-bond acceptors (Lipinski definition) is 6. The number of pyridine rings is 1. The van der Waals surface area contributed by atoms with E-state index in [1.165, 1.54) is 5.56 Å². The van der Waals surface area contributed by atoms with Crippen molar-refractivity contribution >= 4 is 11.0 Å².